The lowest BCUT2D eigenvalue weighted by Gasteiger charge is -2.37. The molecule has 2 nitrogen and oxygen atoms in total. The molecule has 1 saturated heterocycles. The highest BCUT2D eigenvalue weighted by molar-refractivity contribution is 5.01. The van der Waals surface area contributed by atoms with E-state index in [2.05, 4.69) is 33.0 Å². The van der Waals surface area contributed by atoms with Crippen LogP contribution in [0, 0.1) is 11.3 Å². The van der Waals surface area contributed by atoms with Gasteiger partial charge in [-0.3, -0.25) is 0 Å². The summed E-state index contributed by atoms with van der Waals surface area (Å²) in [5.74, 6) is 0.866. The summed E-state index contributed by atoms with van der Waals surface area (Å²) in [5, 5.41) is 3.72. The standard InChI is InChI=1S/C15H29NO/c1-5-8-15(11-16-14(2,3)4)9-10-17-13(15)12-6-7-12/h12-13,16H,5-11H2,1-4H3. The van der Waals surface area contributed by atoms with E-state index in [-0.39, 0.29) is 5.54 Å². The first-order valence-electron chi connectivity index (χ1n) is 7.33. The van der Waals surface area contributed by atoms with Crippen molar-refractivity contribution in [3.05, 3.63) is 0 Å². The maximum atomic E-state index is 6.07. The summed E-state index contributed by atoms with van der Waals surface area (Å²) >= 11 is 0. The quantitative estimate of drug-likeness (QED) is 0.794. The van der Waals surface area contributed by atoms with Gasteiger partial charge in [0.05, 0.1) is 6.10 Å². The lowest BCUT2D eigenvalue weighted by Crippen LogP contribution is -2.47. The first kappa shape index (κ1) is 13.4. The fourth-order valence-corrected chi connectivity index (χ4v) is 3.23. The van der Waals surface area contributed by atoms with Crippen molar-refractivity contribution in [3.8, 4) is 0 Å². The highest BCUT2D eigenvalue weighted by atomic mass is 16.5. The Labute approximate surface area is 107 Å². The normalized spacial score (nSPS) is 34.2. The van der Waals surface area contributed by atoms with Crippen LogP contribution in [0.4, 0.5) is 0 Å². The molecule has 1 aliphatic carbocycles. The van der Waals surface area contributed by atoms with Crippen LogP contribution in [0.5, 0.6) is 0 Å². The number of rotatable bonds is 5. The van der Waals surface area contributed by atoms with Crippen LogP contribution >= 0.6 is 0 Å². The van der Waals surface area contributed by atoms with E-state index in [0.717, 1.165) is 19.1 Å². The average Bonchev–Trinajstić information content (AvgIpc) is 2.98. The molecular weight excluding hydrogens is 210 g/mol. The Morgan fingerprint density at radius 2 is 2.00 bits per heavy atom. The largest absolute Gasteiger partial charge is 0.377 e. The van der Waals surface area contributed by atoms with E-state index < -0.39 is 0 Å². The molecule has 2 heteroatoms. The fourth-order valence-electron chi connectivity index (χ4n) is 3.23. The molecule has 1 heterocycles. The Morgan fingerprint density at radius 1 is 1.29 bits per heavy atom. The van der Waals surface area contributed by atoms with Gasteiger partial charge in [-0.15, -0.1) is 0 Å². The SMILES string of the molecule is CCCC1(CNC(C)(C)C)CCOC1C1CC1. The van der Waals surface area contributed by atoms with E-state index in [4.69, 9.17) is 4.74 Å². The fraction of sp³-hybridized carbons (Fsp3) is 1.00. The Hall–Kier alpha value is -0.0800. The minimum atomic E-state index is 0.220. The van der Waals surface area contributed by atoms with Gasteiger partial charge in [-0.05, 0) is 52.4 Å². The Morgan fingerprint density at radius 3 is 2.53 bits per heavy atom. The Balaban J connectivity index is 2.02. The molecule has 2 rings (SSSR count). The summed E-state index contributed by atoms with van der Waals surface area (Å²) in [4.78, 5) is 0. The topological polar surface area (TPSA) is 21.3 Å². The predicted molar refractivity (Wildman–Crippen MR) is 72.2 cm³/mol. The zero-order chi connectivity index (χ0) is 12.5. The van der Waals surface area contributed by atoms with Gasteiger partial charge in [-0.25, -0.2) is 0 Å². The molecule has 0 radical (unpaired) electrons. The molecule has 0 aromatic heterocycles. The van der Waals surface area contributed by atoms with E-state index in [1.54, 1.807) is 0 Å². The molecule has 2 atom stereocenters. The van der Waals surface area contributed by atoms with Gasteiger partial charge < -0.3 is 10.1 Å². The van der Waals surface area contributed by atoms with Gasteiger partial charge in [-0.1, -0.05) is 13.3 Å². The van der Waals surface area contributed by atoms with E-state index in [1.807, 2.05) is 0 Å². The highest BCUT2D eigenvalue weighted by Crippen LogP contribution is 2.49. The van der Waals surface area contributed by atoms with E-state index in [1.165, 1.54) is 32.1 Å². The van der Waals surface area contributed by atoms with Gasteiger partial charge in [-0.2, -0.15) is 0 Å². The van der Waals surface area contributed by atoms with Gasteiger partial charge in [0.25, 0.3) is 0 Å². The minimum absolute atomic E-state index is 0.220. The van der Waals surface area contributed by atoms with Crippen LogP contribution in [-0.4, -0.2) is 24.8 Å². The summed E-state index contributed by atoms with van der Waals surface area (Å²) in [6, 6.07) is 0. The smallest absolute Gasteiger partial charge is 0.0672 e. The van der Waals surface area contributed by atoms with Crippen LogP contribution < -0.4 is 5.32 Å². The molecule has 0 amide bonds. The van der Waals surface area contributed by atoms with Crippen molar-refractivity contribution in [2.45, 2.75) is 71.4 Å². The number of ether oxygens (including phenoxy) is 1. The molecule has 100 valence electrons. The zero-order valence-corrected chi connectivity index (χ0v) is 12.0. The zero-order valence-electron chi connectivity index (χ0n) is 12.0. The number of hydrogen-bond acceptors (Lipinski definition) is 2. The molecule has 0 aromatic rings. The van der Waals surface area contributed by atoms with Crippen molar-refractivity contribution in [1.82, 2.24) is 5.32 Å². The van der Waals surface area contributed by atoms with Crippen molar-refractivity contribution < 1.29 is 4.74 Å². The van der Waals surface area contributed by atoms with Gasteiger partial charge in [0.2, 0.25) is 0 Å². The minimum Gasteiger partial charge on any atom is -0.377 e. The third-order valence-corrected chi connectivity index (χ3v) is 4.27. The van der Waals surface area contributed by atoms with Crippen LogP contribution in [0.2, 0.25) is 0 Å². The van der Waals surface area contributed by atoms with E-state index in [9.17, 15) is 0 Å². The van der Waals surface area contributed by atoms with E-state index in [0.29, 0.717) is 11.5 Å². The lowest BCUT2D eigenvalue weighted by atomic mass is 9.75. The summed E-state index contributed by atoms with van der Waals surface area (Å²) < 4.78 is 6.07. The molecule has 1 N–H and O–H groups in total. The molecular formula is C15H29NO. The first-order valence-corrected chi connectivity index (χ1v) is 7.33. The predicted octanol–water partition coefficient (Wildman–Crippen LogP) is 3.36. The van der Waals surface area contributed by atoms with Gasteiger partial charge in [0.1, 0.15) is 0 Å². The molecule has 2 unspecified atom stereocenters. The molecule has 2 fully saturated rings. The summed E-state index contributed by atoms with van der Waals surface area (Å²) in [5.41, 5.74) is 0.640. The van der Waals surface area contributed by atoms with Gasteiger partial charge in [0.15, 0.2) is 0 Å². The third kappa shape index (κ3) is 3.23. The average molecular weight is 239 g/mol. The summed E-state index contributed by atoms with van der Waals surface area (Å²) in [6.07, 6.45) is 7.18. The molecule has 0 spiro atoms. The van der Waals surface area contributed by atoms with Crippen LogP contribution in [0.1, 0.15) is 59.8 Å². The number of hydrogen-bond donors (Lipinski definition) is 1. The Kier molecular flexibility index (Phi) is 3.84. The number of nitrogens with one attached hydrogen (secondary N) is 1. The van der Waals surface area contributed by atoms with Crippen LogP contribution in [0.3, 0.4) is 0 Å². The maximum absolute atomic E-state index is 6.07. The van der Waals surface area contributed by atoms with Crippen molar-refractivity contribution in [2.75, 3.05) is 13.2 Å². The maximum Gasteiger partial charge on any atom is 0.0672 e. The second-order valence-electron chi connectivity index (χ2n) is 7.09. The first-order chi connectivity index (χ1) is 7.97. The van der Waals surface area contributed by atoms with Gasteiger partial charge in [0, 0.05) is 24.1 Å². The van der Waals surface area contributed by atoms with Crippen molar-refractivity contribution in [3.63, 3.8) is 0 Å². The van der Waals surface area contributed by atoms with Crippen LogP contribution in [-0.2, 0) is 4.74 Å². The second kappa shape index (κ2) is 4.89. The van der Waals surface area contributed by atoms with Crippen molar-refractivity contribution in [1.29, 1.82) is 0 Å². The molecule has 1 saturated carbocycles. The van der Waals surface area contributed by atoms with Crippen LogP contribution in [0.15, 0.2) is 0 Å². The Bertz CT molecular complexity index is 254. The molecule has 0 aromatic carbocycles. The summed E-state index contributed by atoms with van der Waals surface area (Å²) in [6.45, 7) is 11.2. The summed E-state index contributed by atoms with van der Waals surface area (Å²) in [7, 11) is 0. The monoisotopic (exact) mass is 239 g/mol. The van der Waals surface area contributed by atoms with Gasteiger partial charge >= 0.3 is 0 Å². The van der Waals surface area contributed by atoms with Crippen molar-refractivity contribution in [2.24, 2.45) is 11.3 Å². The second-order valence-corrected chi connectivity index (χ2v) is 7.09. The van der Waals surface area contributed by atoms with Crippen molar-refractivity contribution >= 4 is 0 Å². The lowest BCUT2D eigenvalue weighted by molar-refractivity contribution is 0.0235. The molecule has 2 aliphatic rings. The third-order valence-electron chi connectivity index (χ3n) is 4.27. The van der Waals surface area contributed by atoms with E-state index >= 15 is 0 Å². The highest BCUT2D eigenvalue weighted by Gasteiger charge is 2.50. The molecule has 0 bridgehead atoms. The molecule has 17 heavy (non-hydrogen) atoms. The van der Waals surface area contributed by atoms with Crippen LogP contribution in [0.25, 0.3) is 0 Å². The molecule has 1 aliphatic heterocycles.